The predicted octanol–water partition coefficient (Wildman–Crippen LogP) is 2.66. The van der Waals surface area contributed by atoms with Crippen LogP contribution in [0.5, 0.6) is 0 Å². The summed E-state index contributed by atoms with van der Waals surface area (Å²) in [6.07, 6.45) is 0.349. The van der Waals surface area contributed by atoms with Crippen LogP contribution in [0.2, 0.25) is 0 Å². The molecule has 0 radical (unpaired) electrons. The first-order chi connectivity index (χ1) is 11.9. The normalized spacial score (nSPS) is 10.2. The first kappa shape index (κ1) is 18.4. The highest BCUT2D eigenvalue weighted by Crippen LogP contribution is 2.34. The van der Waals surface area contributed by atoms with E-state index in [-0.39, 0.29) is 43.3 Å². The number of fused-ring (bicyclic) bond motifs is 1. The molecule has 0 aliphatic carbocycles. The standard InChI is InChI=1S/C17H17N5O2S/c1-10-12(11(2)23)9-13-14(20)15(25-16(13)21-10)17(24)22(7-3-5-18)8-4-6-19/h9H,3-4,7-8,20H2,1-2H3. The molecule has 7 nitrogen and oxygen atoms in total. The second kappa shape index (κ2) is 7.73. The van der Waals surface area contributed by atoms with E-state index in [1.165, 1.54) is 11.8 Å². The first-order valence-corrected chi connectivity index (χ1v) is 8.46. The van der Waals surface area contributed by atoms with E-state index in [9.17, 15) is 9.59 Å². The van der Waals surface area contributed by atoms with Gasteiger partial charge >= 0.3 is 0 Å². The number of aromatic nitrogens is 1. The van der Waals surface area contributed by atoms with E-state index in [0.29, 0.717) is 26.4 Å². The Labute approximate surface area is 149 Å². The number of nitrogen functional groups attached to an aromatic ring is 1. The van der Waals surface area contributed by atoms with Gasteiger partial charge in [0, 0.05) is 29.7 Å². The molecule has 0 aliphatic rings. The number of nitrogens with zero attached hydrogens (tertiary/aromatic N) is 4. The van der Waals surface area contributed by atoms with Crippen molar-refractivity contribution >= 4 is 38.9 Å². The van der Waals surface area contributed by atoms with Crippen LogP contribution in [0.1, 0.15) is 45.5 Å². The number of nitriles is 2. The van der Waals surface area contributed by atoms with Crippen LogP contribution in [0.3, 0.4) is 0 Å². The molecule has 0 aliphatic heterocycles. The van der Waals surface area contributed by atoms with E-state index in [4.69, 9.17) is 16.3 Å². The Balaban J connectivity index is 2.47. The highest BCUT2D eigenvalue weighted by molar-refractivity contribution is 7.21. The number of ketones is 1. The molecule has 0 saturated carbocycles. The van der Waals surface area contributed by atoms with Crippen LogP contribution in [-0.4, -0.2) is 34.7 Å². The molecule has 0 aromatic carbocycles. The summed E-state index contributed by atoms with van der Waals surface area (Å²) in [5, 5.41) is 18.1. The predicted molar refractivity (Wildman–Crippen MR) is 95.1 cm³/mol. The van der Waals surface area contributed by atoms with Gasteiger partial charge in [0.25, 0.3) is 5.91 Å². The van der Waals surface area contributed by atoms with Gasteiger partial charge in [-0.05, 0) is 19.9 Å². The van der Waals surface area contributed by atoms with Gasteiger partial charge < -0.3 is 10.6 Å². The summed E-state index contributed by atoms with van der Waals surface area (Å²) in [6.45, 7) is 3.65. The van der Waals surface area contributed by atoms with Crippen molar-refractivity contribution in [3.05, 3.63) is 22.2 Å². The topological polar surface area (TPSA) is 124 Å². The third-order valence-electron chi connectivity index (χ3n) is 3.76. The number of aryl methyl sites for hydroxylation is 1. The minimum atomic E-state index is -0.326. The molecule has 8 heteroatoms. The van der Waals surface area contributed by atoms with Gasteiger partial charge in [-0.1, -0.05) is 0 Å². The number of hydrogen-bond acceptors (Lipinski definition) is 7. The van der Waals surface area contributed by atoms with Gasteiger partial charge in [0.15, 0.2) is 5.78 Å². The molecule has 0 fully saturated rings. The lowest BCUT2D eigenvalue weighted by Crippen LogP contribution is -2.32. The van der Waals surface area contributed by atoms with Crippen molar-refractivity contribution in [3.8, 4) is 12.1 Å². The SMILES string of the molecule is CC(=O)c1cc2c(N)c(C(=O)N(CCC#N)CCC#N)sc2nc1C. The van der Waals surface area contributed by atoms with Crippen molar-refractivity contribution in [1.29, 1.82) is 10.5 Å². The Kier molecular flexibility index (Phi) is 5.68. The maximum Gasteiger partial charge on any atom is 0.266 e. The van der Waals surface area contributed by atoms with E-state index in [1.54, 1.807) is 13.0 Å². The van der Waals surface area contributed by atoms with Gasteiger partial charge in [-0.2, -0.15) is 10.5 Å². The molecular weight excluding hydrogens is 338 g/mol. The van der Waals surface area contributed by atoms with Crippen LogP contribution in [0.4, 0.5) is 5.69 Å². The number of pyridine rings is 1. The van der Waals surface area contributed by atoms with Crippen LogP contribution in [0.25, 0.3) is 10.2 Å². The fraction of sp³-hybridized carbons (Fsp3) is 0.353. The molecule has 2 aromatic rings. The van der Waals surface area contributed by atoms with E-state index >= 15 is 0 Å². The molecular formula is C17H17N5O2S. The Bertz CT molecular complexity index is 902. The Hall–Kier alpha value is -2.97. The zero-order valence-electron chi connectivity index (χ0n) is 14.0. The molecule has 0 spiro atoms. The van der Waals surface area contributed by atoms with Crippen molar-refractivity contribution in [2.45, 2.75) is 26.7 Å². The Morgan fingerprint density at radius 1 is 1.28 bits per heavy atom. The minimum absolute atomic E-state index is 0.116. The number of anilines is 1. The zero-order chi connectivity index (χ0) is 18.6. The fourth-order valence-electron chi connectivity index (χ4n) is 2.47. The quantitative estimate of drug-likeness (QED) is 0.794. The third kappa shape index (κ3) is 3.76. The summed E-state index contributed by atoms with van der Waals surface area (Å²) >= 11 is 1.16. The van der Waals surface area contributed by atoms with Crippen LogP contribution in [0.15, 0.2) is 6.07 Å². The number of Topliss-reactive ketones (excluding diaryl/α,β-unsaturated/α-hetero) is 1. The smallest absolute Gasteiger partial charge is 0.266 e. The molecule has 25 heavy (non-hydrogen) atoms. The largest absolute Gasteiger partial charge is 0.397 e. The minimum Gasteiger partial charge on any atom is -0.397 e. The molecule has 1 amide bonds. The Morgan fingerprint density at radius 2 is 1.88 bits per heavy atom. The summed E-state index contributed by atoms with van der Waals surface area (Å²) in [5.41, 5.74) is 7.48. The van der Waals surface area contributed by atoms with Crippen LogP contribution in [0, 0.1) is 29.6 Å². The fourth-order valence-corrected chi connectivity index (χ4v) is 3.56. The lowest BCUT2D eigenvalue weighted by Gasteiger charge is -2.19. The van der Waals surface area contributed by atoms with Crippen molar-refractivity contribution < 1.29 is 9.59 Å². The van der Waals surface area contributed by atoms with Gasteiger partial charge in [-0.15, -0.1) is 11.3 Å². The number of carbonyl (C=O) groups excluding carboxylic acids is 2. The summed E-state index contributed by atoms with van der Waals surface area (Å²) < 4.78 is 0. The lowest BCUT2D eigenvalue weighted by molar-refractivity contribution is 0.0768. The van der Waals surface area contributed by atoms with Crippen LogP contribution >= 0.6 is 11.3 Å². The lowest BCUT2D eigenvalue weighted by atomic mass is 10.1. The number of hydrogen-bond donors (Lipinski definition) is 1. The van der Waals surface area contributed by atoms with E-state index in [1.807, 2.05) is 12.1 Å². The maximum absolute atomic E-state index is 12.8. The zero-order valence-corrected chi connectivity index (χ0v) is 14.8. The van der Waals surface area contributed by atoms with Gasteiger partial charge in [0.05, 0.1) is 30.7 Å². The van der Waals surface area contributed by atoms with Crippen LogP contribution in [-0.2, 0) is 0 Å². The number of amides is 1. The van der Waals surface area contributed by atoms with E-state index < -0.39 is 0 Å². The first-order valence-electron chi connectivity index (χ1n) is 7.64. The number of rotatable bonds is 6. The third-order valence-corrected chi connectivity index (χ3v) is 4.86. The highest BCUT2D eigenvalue weighted by atomic mass is 32.1. The van der Waals surface area contributed by atoms with Gasteiger partial charge in [-0.25, -0.2) is 4.98 Å². The Morgan fingerprint density at radius 3 is 2.40 bits per heavy atom. The van der Waals surface area contributed by atoms with E-state index in [2.05, 4.69) is 4.98 Å². The molecule has 2 aromatic heterocycles. The van der Waals surface area contributed by atoms with Crippen molar-refractivity contribution in [3.63, 3.8) is 0 Å². The van der Waals surface area contributed by atoms with Gasteiger partial charge in [-0.3, -0.25) is 9.59 Å². The van der Waals surface area contributed by atoms with Crippen molar-refractivity contribution in [1.82, 2.24) is 9.88 Å². The summed E-state index contributed by atoms with van der Waals surface area (Å²) in [7, 11) is 0. The molecule has 2 rings (SSSR count). The number of nitrogens with two attached hydrogens (primary N) is 1. The number of thiophene rings is 1. The number of carbonyl (C=O) groups is 2. The summed E-state index contributed by atoms with van der Waals surface area (Å²) in [4.78, 5) is 31.2. The molecule has 0 bridgehead atoms. The molecule has 0 atom stereocenters. The molecule has 2 heterocycles. The van der Waals surface area contributed by atoms with Crippen LogP contribution < -0.4 is 5.73 Å². The van der Waals surface area contributed by atoms with Crippen molar-refractivity contribution in [2.75, 3.05) is 18.8 Å². The van der Waals surface area contributed by atoms with Gasteiger partial charge in [0.2, 0.25) is 0 Å². The summed E-state index contributed by atoms with van der Waals surface area (Å²) in [6, 6.07) is 5.65. The monoisotopic (exact) mass is 355 g/mol. The second-order valence-corrected chi connectivity index (χ2v) is 6.48. The molecule has 128 valence electrons. The highest BCUT2D eigenvalue weighted by Gasteiger charge is 2.23. The molecule has 2 N–H and O–H groups in total. The van der Waals surface area contributed by atoms with Crippen molar-refractivity contribution in [2.24, 2.45) is 0 Å². The molecule has 0 saturated heterocycles. The maximum atomic E-state index is 12.8. The molecule has 0 unspecified atom stereocenters. The van der Waals surface area contributed by atoms with E-state index in [0.717, 1.165) is 11.3 Å². The second-order valence-electron chi connectivity index (χ2n) is 5.48. The average molecular weight is 355 g/mol. The van der Waals surface area contributed by atoms with Gasteiger partial charge in [0.1, 0.15) is 9.71 Å². The average Bonchev–Trinajstić information content (AvgIpc) is 2.89. The summed E-state index contributed by atoms with van der Waals surface area (Å²) in [5.74, 6) is -0.442.